The van der Waals surface area contributed by atoms with Crippen LogP contribution in [0.1, 0.15) is 33.6 Å². The molecule has 1 aliphatic rings. The van der Waals surface area contributed by atoms with E-state index in [-0.39, 0.29) is 18.2 Å². The molecule has 0 aromatic rings. The summed E-state index contributed by atoms with van der Waals surface area (Å²) >= 11 is 0. The van der Waals surface area contributed by atoms with E-state index in [0.29, 0.717) is 13.0 Å². The fraction of sp³-hybridized carbons (Fsp3) is 0.750. The Bertz CT molecular complexity index is 375. The number of carboxylic acid groups (broad SMARTS) is 1. The van der Waals surface area contributed by atoms with Crippen molar-refractivity contribution in [3.63, 3.8) is 0 Å². The highest BCUT2D eigenvalue weighted by Gasteiger charge is 2.32. The van der Waals surface area contributed by atoms with Crippen molar-refractivity contribution in [2.45, 2.75) is 45.3 Å². The molecule has 1 saturated heterocycles. The number of hydrogen-bond donors (Lipinski definition) is 3. The van der Waals surface area contributed by atoms with Crippen molar-refractivity contribution in [3.05, 3.63) is 0 Å². The molecule has 0 aromatic heterocycles. The Morgan fingerprint density at radius 3 is 2.58 bits per heavy atom. The zero-order chi connectivity index (χ0) is 14.6. The maximum atomic E-state index is 11.5. The van der Waals surface area contributed by atoms with E-state index < -0.39 is 23.7 Å². The zero-order valence-electron chi connectivity index (χ0n) is 11.4. The predicted octanol–water partition coefficient (Wildman–Crippen LogP) is 0.491. The van der Waals surface area contributed by atoms with Crippen LogP contribution in [0.25, 0.3) is 0 Å². The van der Waals surface area contributed by atoms with Gasteiger partial charge in [-0.15, -0.1) is 0 Å². The van der Waals surface area contributed by atoms with Gasteiger partial charge < -0.3 is 20.5 Å². The van der Waals surface area contributed by atoms with Gasteiger partial charge in [-0.05, 0) is 33.6 Å². The summed E-state index contributed by atoms with van der Waals surface area (Å²) in [6, 6.07) is -1.12. The molecule has 0 bridgehead atoms. The second-order valence-corrected chi connectivity index (χ2v) is 5.55. The number of aliphatic carboxylic acids is 1. The number of rotatable bonds is 4. The Morgan fingerprint density at radius 2 is 2.16 bits per heavy atom. The first-order chi connectivity index (χ1) is 8.69. The van der Waals surface area contributed by atoms with E-state index in [9.17, 15) is 14.4 Å². The third kappa shape index (κ3) is 5.15. The molecule has 0 saturated carbocycles. The Balaban J connectivity index is 2.56. The van der Waals surface area contributed by atoms with Gasteiger partial charge in [-0.2, -0.15) is 0 Å². The van der Waals surface area contributed by atoms with Crippen molar-refractivity contribution >= 4 is 18.0 Å². The van der Waals surface area contributed by atoms with Crippen molar-refractivity contribution in [3.8, 4) is 0 Å². The summed E-state index contributed by atoms with van der Waals surface area (Å²) in [6.45, 7) is 5.61. The molecule has 1 heterocycles. The van der Waals surface area contributed by atoms with E-state index >= 15 is 0 Å². The number of alkyl carbamates (subject to hydrolysis) is 1. The van der Waals surface area contributed by atoms with Crippen LogP contribution in [-0.2, 0) is 14.3 Å². The first-order valence-electron chi connectivity index (χ1n) is 6.19. The number of carbonyl (C=O) groups is 3. The Morgan fingerprint density at radius 1 is 1.53 bits per heavy atom. The van der Waals surface area contributed by atoms with Crippen LogP contribution in [0.15, 0.2) is 0 Å². The van der Waals surface area contributed by atoms with Crippen LogP contribution in [-0.4, -0.2) is 41.3 Å². The molecule has 19 heavy (non-hydrogen) atoms. The third-order valence-corrected chi connectivity index (χ3v) is 2.67. The fourth-order valence-electron chi connectivity index (χ4n) is 1.83. The van der Waals surface area contributed by atoms with Gasteiger partial charge in [0, 0.05) is 12.5 Å². The molecule has 2 amide bonds. The highest BCUT2D eigenvalue weighted by Crippen LogP contribution is 2.16. The number of amides is 2. The van der Waals surface area contributed by atoms with Crippen LogP contribution in [0.3, 0.4) is 0 Å². The highest BCUT2D eigenvalue weighted by atomic mass is 16.6. The first-order valence-corrected chi connectivity index (χ1v) is 6.19. The van der Waals surface area contributed by atoms with Crippen molar-refractivity contribution < 1.29 is 24.2 Å². The van der Waals surface area contributed by atoms with E-state index in [0.717, 1.165) is 0 Å². The molecule has 0 aromatic carbocycles. The quantitative estimate of drug-likeness (QED) is 0.691. The van der Waals surface area contributed by atoms with Crippen LogP contribution < -0.4 is 10.6 Å². The van der Waals surface area contributed by atoms with Crippen LogP contribution in [0, 0.1) is 5.92 Å². The molecule has 1 fully saturated rings. The molecule has 108 valence electrons. The van der Waals surface area contributed by atoms with E-state index in [1.54, 1.807) is 20.8 Å². The molecule has 7 heteroatoms. The van der Waals surface area contributed by atoms with E-state index in [1.165, 1.54) is 0 Å². The molecule has 2 unspecified atom stereocenters. The lowest BCUT2D eigenvalue weighted by Gasteiger charge is -2.22. The molecule has 2 atom stereocenters. The lowest BCUT2D eigenvalue weighted by Crippen LogP contribution is -2.45. The third-order valence-electron chi connectivity index (χ3n) is 2.67. The van der Waals surface area contributed by atoms with Crippen LogP contribution in [0.5, 0.6) is 0 Å². The summed E-state index contributed by atoms with van der Waals surface area (Å²) < 4.78 is 5.00. The minimum Gasteiger partial charge on any atom is -0.480 e. The molecular formula is C12H20N2O5. The molecule has 3 N–H and O–H groups in total. The molecule has 1 aliphatic heterocycles. The zero-order valence-corrected chi connectivity index (χ0v) is 11.4. The van der Waals surface area contributed by atoms with Gasteiger partial charge in [0.2, 0.25) is 5.91 Å². The van der Waals surface area contributed by atoms with Crippen molar-refractivity contribution in [2.24, 2.45) is 5.92 Å². The molecule has 0 spiro atoms. The van der Waals surface area contributed by atoms with Crippen molar-refractivity contribution in [2.75, 3.05) is 6.54 Å². The van der Waals surface area contributed by atoms with E-state index in [1.807, 2.05) is 0 Å². The van der Waals surface area contributed by atoms with Gasteiger partial charge in [0.15, 0.2) is 0 Å². The lowest BCUT2D eigenvalue weighted by molar-refractivity contribution is -0.140. The fourth-order valence-corrected chi connectivity index (χ4v) is 1.83. The van der Waals surface area contributed by atoms with E-state index in [4.69, 9.17) is 9.84 Å². The molecule has 0 aliphatic carbocycles. The summed E-state index contributed by atoms with van der Waals surface area (Å²) in [4.78, 5) is 34.0. The summed E-state index contributed by atoms with van der Waals surface area (Å²) in [6.07, 6.45) is -0.141. The minimum atomic E-state index is -1.18. The maximum Gasteiger partial charge on any atom is 0.408 e. The minimum absolute atomic E-state index is 0.0699. The van der Waals surface area contributed by atoms with Crippen LogP contribution in [0.4, 0.5) is 4.79 Å². The number of nitrogens with one attached hydrogen (secondary N) is 2. The number of hydrogen-bond acceptors (Lipinski definition) is 4. The molecular weight excluding hydrogens is 252 g/mol. The highest BCUT2D eigenvalue weighted by molar-refractivity contribution is 5.83. The summed E-state index contributed by atoms with van der Waals surface area (Å²) in [5.74, 6) is -1.72. The summed E-state index contributed by atoms with van der Waals surface area (Å²) in [5, 5.41) is 14.0. The Labute approximate surface area is 111 Å². The van der Waals surface area contributed by atoms with Gasteiger partial charge in [0.05, 0.1) is 0 Å². The lowest BCUT2D eigenvalue weighted by atomic mass is 9.98. The van der Waals surface area contributed by atoms with E-state index in [2.05, 4.69) is 10.6 Å². The smallest absolute Gasteiger partial charge is 0.408 e. The second-order valence-electron chi connectivity index (χ2n) is 5.55. The number of carbonyl (C=O) groups excluding carboxylic acids is 2. The topological polar surface area (TPSA) is 105 Å². The first kappa shape index (κ1) is 15.3. The van der Waals surface area contributed by atoms with Gasteiger partial charge in [0.1, 0.15) is 11.6 Å². The van der Waals surface area contributed by atoms with Gasteiger partial charge in [-0.1, -0.05) is 0 Å². The van der Waals surface area contributed by atoms with Crippen molar-refractivity contribution in [1.82, 2.24) is 10.6 Å². The Hall–Kier alpha value is -1.79. The monoisotopic (exact) mass is 272 g/mol. The Kier molecular flexibility index (Phi) is 4.74. The average Bonchev–Trinajstić information content (AvgIpc) is 2.60. The molecule has 0 radical (unpaired) electrons. The molecule has 7 nitrogen and oxygen atoms in total. The summed E-state index contributed by atoms with van der Waals surface area (Å²) in [5.41, 5.74) is -0.697. The van der Waals surface area contributed by atoms with Gasteiger partial charge in [-0.3, -0.25) is 4.79 Å². The maximum absolute atomic E-state index is 11.5. The van der Waals surface area contributed by atoms with Gasteiger partial charge >= 0.3 is 12.1 Å². The number of ether oxygens (including phenoxy) is 1. The summed E-state index contributed by atoms with van der Waals surface area (Å²) in [7, 11) is 0. The standard InChI is InChI=1S/C12H20N2O5/c1-12(2,3)19-11(18)14-8(10(16)17)6-7-4-5-13-9(7)15/h7-8H,4-6H2,1-3H3,(H,13,15)(H,14,18)(H,16,17). The molecule has 1 rings (SSSR count). The largest absolute Gasteiger partial charge is 0.480 e. The van der Waals surface area contributed by atoms with Crippen molar-refractivity contribution in [1.29, 1.82) is 0 Å². The normalized spacial score (nSPS) is 20.6. The van der Waals surface area contributed by atoms with Gasteiger partial charge in [-0.25, -0.2) is 9.59 Å². The average molecular weight is 272 g/mol. The van der Waals surface area contributed by atoms with Gasteiger partial charge in [0.25, 0.3) is 0 Å². The SMILES string of the molecule is CC(C)(C)OC(=O)NC(CC1CCNC1=O)C(=O)O. The number of carboxylic acids is 1. The van der Waals surface area contributed by atoms with Crippen LogP contribution >= 0.6 is 0 Å². The predicted molar refractivity (Wildman–Crippen MR) is 66.5 cm³/mol. The van der Waals surface area contributed by atoms with Crippen LogP contribution in [0.2, 0.25) is 0 Å². The second kappa shape index (κ2) is 5.90.